The molecule has 1 aromatic heterocycles. The van der Waals surface area contributed by atoms with Gasteiger partial charge in [0.15, 0.2) is 5.11 Å². The van der Waals surface area contributed by atoms with Gasteiger partial charge in [0.2, 0.25) is 0 Å². The van der Waals surface area contributed by atoms with Crippen LogP contribution in [-0.4, -0.2) is 26.8 Å². The molecule has 0 unspecified atom stereocenters. The highest BCUT2D eigenvalue weighted by atomic mass is 35.5. The summed E-state index contributed by atoms with van der Waals surface area (Å²) in [4.78, 5) is 2.01. The fourth-order valence-corrected chi connectivity index (χ4v) is 3.29. The molecule has 0 amide bonds. The fourth-order valence-electron chi connectivity index (χ4n) is 2.92. The van der Waals surface area contributed by atoms with Gasteiger partial charge in [0, 0.05) is 35.6 Å². The number of nitrogens with zero attached hydrogens (tertiary/aromatic N) is 3. The maximum absolute atomic E-state index is 6.20. The lowest BCUT2D eigenvalue weighted by Crippen LogP contribution is -2.31. The summed E-state index contributed by atoms with van der Waals surface area (Å²) >= 11 is 11.8. The Kier molecular flexibility index (Phi) is 5.82. The third-order valence-corrected chi connectivity index (χ3v) is 5.43. The summed E-state index contributed by atoms with van der Waals surface area (Å²) in [7, 11) is 1.98. The second-order valence-corrected chi connectivity index (χ2v) is 7.44. The summed E-state index contributed by atoms with van der Waals surface area (Å²) in [6.07, 6.45) is 0. The molecule has 140 valence electrons. The average Bonchev–Trinajstić information content (AvgIpc) is 2.93. The van der Waals surface area contributed by atoms with Crippen molar-refractivity contribution < 1.29 is 0 Å². The fraction of sp³-hybridized carbons (Fsp3) is 0.238. The van der Waals surface area contributed by atoms with Gasteiger partial charge in [0.25, 0.3) is 0 Å². The Morgan fingerprint density at radius 3 is 2.52 bits per heavy atom. The SMILES string of the molecule is Cc1ccc(NC(=S)N(C)Cc2c(C)nn(-c3ccccc3)c2C)cc1Cl. The van der Waals surface area contributed by atoms with Crippen LogP contribution in [-0.2, 0) is 6.54 Å². The van der Waals surface area contributed by atoms with Crippen molar-refractivity contribution in [3.63, 3.8) is 0 Å². The van der Waals surface area contributed by atoms with E-state index in [9.17, 15) is 0 Å². The molecule has 0 bridgehead atoms. The first-order chi connectivity index (χ1) is 12.9. The predicted octanol–water partition coefficient (Wildman–Crippen LogP) is 5.28. The number of anilines is 1. The summed E-state index contributed by atoms with van der Waals surface area (Å²) in [5.41, 5.74) is 6.28. The number of benzene rings is 2. The molecule has 2 aromatic carbocycles. The van der Waals surface area contributed by atoms with Gasteiger partial charge in [-0.05, 0) is 62.8 Å². The third-order valence-electron chi connectivity index (χ3n) is 4.61. The van der Waals surface area contributed by atoms with Crippen LogP contribution in [0.15, 0.2) is 48.5 Å². The normalized spacial score (nSPS) is 10.7. The van der Waals surface area contributed by atoms with Gasteiger partial charge in [-0.15, -0.1) is 0 Å². The van der Waals surface area contributed by atoms with Crippen LogP contribution in [0.5, 0.6) is 0 Å². The van der Waals surface area contributed by atoms with E-state index >= 15 is 0 Å². The summed E-state index contributed by atoms with van der Waals surface area (Å²) in [6, 6.07) is 16.0. The van der Waals surface area contributed by atoms with E-state index in [1.165, 1.54) is 5.56 Å². The zero-order chi connectivity index (χ0) is 19.6. The molecule has 3 aromatic rings. The van der Waals surface area contributed by atoms with Crippen molar-refractivity contribution in [1.29, 1.82) is 0 Å². The first kappa shape index (κ1) is 19.4. The lowest BCUT2D eigenvalue weighted by atomic mass is 10.2. The molecular formula is C21H23ClN4S. The third kappa shape index (κ3) is 4.31. The van der Waals surface area contributed by atoms with Crippen molar-refractivity contribution >= 4 is 34.6 Å². The van der Waals surface area contributed by atoms with Gasteiger partial charge in [-0.25, -0.2) is 4.68 Å². The number of hydrogen-bond donors (Lipinski definition) is 1. The van der Waals surface area contributed by atoms with E-state index < -0.39 is 0 Å². The Morgan fingerprint density at radius 2 is 1.85 bits per heavy atom. The molecular weight excluding hydrogens is 376 g/mol. The topological polar surface area (TPSA) is 33.1 Å². The molecule has 0 aliphatic carbocycles. The Morgan fingerprint density at radius 1 is 1.15 bits per heavy atom. The van der Waals surface area contributed by atoms with Gasteiger partial charge in [0.05, 0.1) is 11.4 Å². The second-order valence-electron chi connectivity index (χ2n) is 6.65. The van der Waals surface area contributed by atoms with Gasteiger partial charge in [-0.1, -0.05) is 35.9 Å². The standard InChI is InChI=1S/C21H23ClN4S/c1-14-10-11-17(12-20(14)22)23-21(27)25(4)13-19-15(2)24-26(16(19)3)18-8-6-5-7-9-18/h5-12H,13H2,1-4H3,(H,23,27). The molecule has 27 heavy (non-hydrogen) atoms. The molecule has 0 saturated heterocycles. The molecule has 4 nitrogen and oxygen atoms in total. The lowest BCUT2D eigenvalue weighted by Gasteiger charge is -2.21. The van der Waals surface area contributed by atoms with Gasteiger partial charge in [-0.2, -0.15) is 5.10 Å². The van der Waals surface area contributed by atoms with E-state index in [1.807, 2.05) is 66.9 Å². The van der Waals surface area contributed by atoms with Crippen molar-refractivity contribution in [3.05, 3.63) is 76.1 Å². The van der Waals surface area contributed by atoms with E-state index in [2.05, 4.69) is 24.4 Å². The van der Waals surface area contributed by atoms with E-state index in [0.717, 1.165) is 33.3 Å². The van der Waals surface area contributed by atoms with Crippen LogP contribution in [0.2, 0.25) is 5.02 Å². The van der Waals surface area contributed by atoms with Crippen LogP contribution in [0.25, 0.3) is 5.69 Å². The van der Waals surface area contributed by atoms with E-state index in [-0.39, 0.29) is 0 Å². The smallest absolute Gasteiger partial charge is 0.173 e. The Hall–Kier alpha value is -2.37. The molecule has 0 aliphatic rings. The zero-order valence-electron chi connectivity index (χ0n) is 16.0. The largest absolute Gasteiger partial charge is 0.348 e. The molecule has 0 radical (unpaired) electrons. The number of aryl methyl sites for hydroxylation is 2. The predicted molar refractivity (Wildman–Crippen MR) is 117 cm³/mol. The Labute approximate surface area is 170 Å². The van der Waals surface area contributed by atoms with Gasteiger partial charge < -0.3 is 10.2 Å². The molecule has 0 atom stereocenters. The molecule has 0 saturated carbocycles. The summed E-state index contributed by atoms with van der Waals surface area (Å²) in [5, 5.41) is 9.32. The van der Waals surface area contributed by atoms with Crippen LogP contribution >= 0.6 is 23.8 Å². The maximum atomic E-state index is 6.20. The quantitative estimate of drug-likeness (QED) is 0.606. The van der Waals surface area contributed by atoms with Gasteiger partial charge in [0.1, 0.15) is 0 Å². The first-order valence-corrected chi connectivity index (χ1v) is 9.54. The van der Waals surface area contributed by atoms with Crippen molar-refractivity contribution in [2.24, 2.45) is 0 Å². The highest BCUT2D eigenvalue weighted by Gasteiger charge is 2.16. The molecule has 0 fully saturated rings. The van der Waals surface area contributed by atoms with Gasteiger partial charge >= 0.3 is 0 Å². The van der Waals surface area contributed by atoms with Crippen LogP contribution < -0.4 is 5.32 Å². The number of rotatable bonds is 4. The van der Waals surface area contributed by atoms with E-state index in [0.29, 0.717) is 11.7 Å². The van der Waals surface area contributed by atoms with Crippen LogP contribution in [0.1, 0.15) is 22.5 Å². The van der Waals surface area contributed by atoms with Gasteiger partial charge in [-0.3, -0.25) is 0 Å². The van der Waals surface area contributed by atoms with E-state index in [1.54, 1.807) is 0 Å². The van der Waals surface area contributed by atoms with Crippen molar-refractivity contribution in [1.82, 2.24) is 14.7 Å². The highest BCUT2D eigenvalue weighted by molar-refractivity contribution is 7.80. The number of aromatic nitrogens is 2. The van der Waals surface area contributed by atoms with Crippen LogP contribution in [0, 0.1) is 20.8 Å². The molecule has 0 aliphatic heterocycles. The number of para-hydroxylation sites is 1. The lowest BCUT2D eigenvalue weighted by molar-refractivity contribution is 0.505. The minimum absolute atomic E-state index is 0.640. The molecule has 3 rings (SSSR count). The first-order valence-electron chi connectivity index (χ1n) is 8.75. The minimum Gasteiger partial charge on any atom is -0.348 e. The summed E-state index contributed by atoms with van der Waals surface area (Å²) in [6.45, 7) is 6.78. The molecule has 1 N–H and O–H groups in total. The summed E-state index contributed by atoms with van der Waals surface area (Å²) < 4.78 is 1.98. The second kappa shape index (κ2) is 8.11. The van der Waals surface area contributed by atoms with Crippen molar-refractivity contribution in [2.75, 3.05) is 12.4 Å². The van der Waals surface area contributed by atoms with E-state index in [4.69, 9.17) is 28.9 Å². The molecule has 0 spiro atoms. The maximum Gasteiger partial charge on any atom is 0.173 e. The Balaban J connectivity index is 1.75. The number of halogens is 1. The van der Waals surface area contributed by atoms with Crippen molar-refractivity contribution in [2.45, 2.75) is 27.3 Å². The minimum atomic E-state index is 0.640. The zero-order valence-corrected chi connectivity index (χ0v) is 17.5. The van der Waals surface area contributed by atoms with Crippen LogP contribution in [0.4, 0.5) is 5.69 Å². The number of thiocarbonyl (C=S) groups is 1. The molecule has 1 heterocycles. The Bertz CT molecular complexity index is 966. The monoisotopic (exact) mass is 398 g/mol. The molecule has 6 heteroatoms. The average molecular weight is 399 g/mol. The summed E-state index contributed by atoms with van der Waals surface area (Å²) in [5.74, 6) is 0. The highest BCUT2D eigenvalue weighted by Crippen LogP contribution is 2.22. The van der Waals surface area contributed by atoms with Crippen molar-refractivity contribution in [3.8, 4) is 5.69 Å². The van der Waals surface area contributed by atoms with Crippen LogP contribution in [0.3, 0.4) is 0 Å². The number of hydrogen-bond acceptors (Lipinski definition) is 2. The number of nitrogens with one attached hydrogen (secondary N) is 1.